The molecule has 1 amide bonds. The van der Waals surface area contributed by atoms with Crippen molar-refractivity contribution in [3.05, 3.63) is 58.4 Å². The Bertz CT molecular complexity index is 1180. The van der Waals surface area contributed by atoms with Crippen LogP contribution < -0.4 is 0 Å². The number of sulfone groups is 1. The van der Waals surface area contributed by atoms with Crippen molar-refractivity contribution in [1.29, 1.82) is 0 Å². The lowest BCUT2D eigenvalue weighted by atomic mass is 9.94. The van der Waals surface area contributed by atoms with Crippen molar-refractivity contribution in [3.63, 3.8) is 0 Å². The fourth-order valence-corrected chi connectivity index (χ4v) is 5.80. The maximum Gasteiger partial charge on any atom is 0.417 e. The van der Waals surface area contributed by atoms with Gasteiger partial charge in [-0.15, -0.1) is 0 Å². The molecule has 2 aromatic rings. The number of alkyl halides is 6. The molecule has 1 aliphatic rings. The smallest absolute Gasteiger partial charge is 0.337 e. The average molecular weight is 529 g/mol. The Hall–Kier alpha value is -2.34. The van der Waals surface area contributed by atoms with Crippen molar-refractivity contribution < 1.29 is 39.6 Å². The number of hydrogen-bond acceptors (Lipinski definition) is 4. The van der Waals surface area contributed by atoms with Crippen LogP contribution in [0.5, 0.6) is 0 Å². The molecule has 186 valence electrons. The zero-order valence-electron chi connectivity index (χ0n) is 17.6. The summed E-state index contributed by atoms with van der Waals surface area (Å²) in [6, 6.07) is 4.14. The second-order valence-electron chi connectivity index (χ2n) is 7.96. The predicted molar refractivity (Wildman–Crippen MR) is 111 cm³/mol. The highest BCUT2D eigenvalue weighted by molar-refractivity contribution is 7.92. The second-order valence-corrected chi connectivity index (χ2v) is 10.7. The highest BCUT2D eigenvalue weighted by Crippen LogP contribution is 2.35. The standard InChI is InChI=1S/C21H19ClF6N2O3S/c1-12(34(32,33)16-4-2-3-14(9-16)20(23,24)25)13-5-7-30(8-6-13)19(31)18-17(22)10-15(11-29-18)21(26,27)28/h2-4,9-13H,5-8H2,1H3. The quantitative estimate of drug-likeness (QED) is 0.492. The molecular weight excluding hydrogens is 510 g/mol. The minimum Gasteiger partial charge on any atom is -0.337 e. The van der Waals surface area contributed by atoms with Crippen LogP contribution in [0.15, 0.2) is 41.4 Å². The average Bonchev–Trinajstić information content (AvgIpc) is 2.77. The Kier molecular flexibility index (Phi) is 7.24. The number of likely N-dealkylation sites (tertiary alicyclic amines) is 1. The molecule has 1 atom stereocenters. The van der Waals surface area contributed by atoms with Gasteiger partial charge in [-0.25, -0.2) is 13.4 Å². The molecule has 1 aromatic carbocycles. The zero-order chi connectivity index (χ0) is 25.5. The third-order valence-corrected chi connectivity index (χ3v) is 8.40. The van der Waals surface area contributed by atoms with Crippen molar-refractivity contribution in [1.82, 2.24) is 9.88 Å². The first-order valence-corrected chi connectivity index (χ1v) is 12.0. The topological polar surface area (TPSA) is 67.3 Å². The van der Waals surface area contributed by atoms with E-state index in [0.29, 0.717) is 18.3 Å². The molecule has 0 spiro atoms. The molecule has 1 aliphatic heterocycles. The van der Waals surface area contributed by atoms with Crippen LogP contribution in [-0.2, 0) is 22.2 Å². The van der Waals surface area contributed by atoms with Crippen LogP contribution in [0.3, 0.4) is 0 Å². The maximum atomic E-state index is 13.0. The molecule has 1 fully saturated rings. The minimum absolute atomic E-state index is 0.0883. The Morgan fingerprint density at radius 2 is 1.65 bits per heavy atom. The van der Waals surface area contributed by atoms with Gasteiger partial charge in [-0.2, -0.15) is 26.3 Å². The number of aromatic nitrogens is 1. The number of pyridine rings is 1. The Balaban J connectivity index is 1.70. The zero-order valence-corrected chi connectivity index (χ0v) is 19.2. The number of benzene rings is 1. The molecule has 5 nitrogen and oxygen atoms in total. The molecule has 2 heterocycles. The van der Waals surface area contributed by atoms with E-state index in [2.05, 4.69) is 4.98 Å². The predicted octanol–water partition coefficient (Wildman–Crippen LogP) is 5.49. The fraction of sp³-hybridized carbons (Fsp3) is 0.429. The Morgan fingerprint density at radius 1 is 1.06 bits per heavy atom. The van der Waals surface area contributed by atoms with Crippen LogP contribution in [0, 0.1) is 5.92 Å². The summed E-state index contributed by atoms with van der Waals surface area (Å²) in [6.45, 7) is 1.59. The molecular formula is C21H19ClF6N2O3S. The van der Waals surface area contributed by atoms with Gasteiger partial charge in [-0.3, -0.25) is 4.79 Å². The number of halogens is 7. The number of amides is 1. The normalized spacial score (nSPS) is 17.0. The van der Waals surface area contributed by atoms with Crippen molar-refractivity contribution in [2.75, 3.05) is 13.1 Å². The van der Waals surface area contributed by atoms with Gasteiger partial charge in [0, 0.05) is 19.3 Å². The molecule has 13 heteroatoms. The van der Waals surface area contributed by atoms with E-state index < -0.39 is 60.3 Å². The summed E-state index contributed by atoms with van der Waals surface area (Å²) in [5.74, 6) is -1.13. The Morgan fingerprint density at radius 3 is 2.18 bits per heavy atom. The lowest BCUT2D eigenvalue weighted by molar-refractivity contribution is -0.138. The van der Waals surface area contributed by atoms with Gasteiger partial charge in [-0.1, -0.05) is 17.7 Å². The molecule has 3 rings (SSSR count). The molecule has 1 aromatic heterocycles. The highest BCUT2D eigenvalue weighted by Gasteiger charge is 2.37. The first-order chi connectivity index (χ1) is 15.6. The van der Waals surface area contributed by atoms with Crippen molar-refractivity contribution >= 4 is 27.3 Å². The number of piperidine rings is 1. The van der Waals surface area contributed by atoms with Gasteiger partial charge in [0.1, 0.15) is 5.69 Å². The molecule has 1 unspecified atom stereocenters. The first kappa shape index (κ1) is 26.3. The monoisotopic (exact) mass is 528 g/mol. The maximum absolute atomic E-state index is 13.0. The summed E-state index contributed by atoms with van der Waals surface area (Å²) >= 11 is 5.83. The van der Waals surface area contributed by atoms with E-state index >= 15 is 0 Å². The number of carbonyl (C=O) groups excluding carboxylic acids is 1. The molecule has 0 radical (unpaired) electrons. The third kappa shape index (κ3) is 5.48. The van der Waals surface area contributed by atoms with Crippen LogP contribution in [0.2, 0.25) is 5.02 Å². The van der Waals surface area contributed by atoms with Gasteiger partial charge in [0.15, 0.2) is 9.84 Å². The van der Waals surface area contributed by atoms with Crippen molar-refractivity contribution in [2.24, 2.45) is 5.92 Å². The molecule has 0 N–H and O–H groups in total. The van der Waals surface area contributed by atoms with Gasteiger partial charge in [0.2, 0.25) is 0 Å². The molecule has 0 bridgehead atoms. The number of carbonyl (C=O) groups is 1. The van der Waals surface area contributed by atoms with E-state index in [-0.39, 0.29) is 31.6 Å². The summed E-state index contributed by atoms with van der Waals surface area (Å²) in [5.41, 5.74) is -2.51. The van der Waals surface area contributed by atoms with Gasteiger partial charge >= 0.3 is 12.4 Å². The lowest BCUT2D eigenvalue weighted by Gasteiger charge is -2.34. The van der Waals surface area contributed by atoms with Crippen LogP contribution in [0.25, 0.3) is 0 Å². The Labute approximate surface area is 196 Å². The fourth-order valence-electron chi connectivity index (χ4n) is 3.79. The van der Waals surface area contributed by atoms with Crippen LogP contribution >= 0.6 is 11.6 Å². The van der Waals surface area contributed by atoms with Crippen LogP contribution in [-0.4, -0.2) is 42.5 Å². The first-order valence-electron chi connectivity index (χ1n) is 10.1. The number of rotatable bonds is 4. The van der Waals surface area contributed by atoms with E-state index in [9.17, 15) is 39.6 Å². The van der Waals surface area contributed by atoms with Crippen molar-refractivity contribution in [3.8, 4) is 0 Å². The molecule has 0 saturated carbocycles. The largest absolute Gasteiger partial charge is 0.417 e. The molecule has 34 heavy (non-hydrogen) atoms. The summed E-state index contributed by atoms with van der Waals surface area (Å²) in [6.07, 6.45) is -8.39. The lowest BCUT2D eigenvalue weighted by Crippen LogP contribution is -2.42. The number of hydrogen-bond donors (Lipinski definition) is 0. The van der Waals surface area contributed by atoms with Gasteiger partial charge < -0.3 is 4.90 Å². The van der Waals surface area contributed by atoms with Gasteiger partial charge in [-0.05, 0) is 49.9 Å². The SMILES string of the molecule is CC(C1CCN(C(=O)c2ncc(C(F)(F)F)cc2Cl)CC1)S(=O)(=O)c1cccc(C(F)(F)F)c1. The van der Waals surface area contributed by atoms with E-state index in [1.54, 1.807) is 0 Å². The van der Waals surface area contributed by atoms with Crippen LogP contribution in [0.4, 0.5) is 26.3 Å². The van der Waals surface area contributed by atoms with Crippen LogP contribution in [0.1, 0.15) is 41.4 Å². The molecule has 0 aliphatic carbocycles. The van der Waals surface area contributed by atoms with E-state index in [4.69, 9.17) is 11.6 Å². The summed E-state index contributed by atoms with van der Waals surface area (Å²) < 4.78 is 103. The van der Waals surface area contributed by atoms with E-state index in [1.165, 1.54) is 11.8 Å². The van der Waals surface area contributed by atoms with Gasteiger partial charge in [0.05, 0.1) is 26.3 Å². The van der Waals surface area contributed by atoms with E-state index in [0.717, 1.165) is 18.2 Å². The summed E-state index contributed by atoms with van der Waals surface area (Å²) in [7, 11) is -4.08. The number of nitrogens with zero attached hydrogens (tertiary/aromatic N) is 2. The second kappa shape index (κ2) is 9.37. The third-order valence-electron chi connectivity index (χ3n) is 5.84. The summed E-state index contributed by atoms with van der Waals surface area (Å²) in [5, 5.41) is -1.47. The minimum atomic E-state index is -4.69. The summed E-state index contributed by atoms with van der Waals surface area (Å²) in [4.78, 5) is 17.1. The van der Waals surface area contributed by atoms with E-state index in [1.807, 2.05) is 0 Å². The van der Waals surface area contributed by atoms with Gasteiger partial charge in [0.25, 0.3) is 5.91 Å². The molecule has 1 saturated heterocycles. The highest BCUT2D eigenvalue weighted by atomic mass is 35.5. The van der Waals surface area contributed by atoms with Crippen molar-refractivity contribution in [2.45, 2.75) is 42.3 Å².